The van der Waals surface area contributed by atoms with E-state index in [9.17, 15) is 19.7 Å². The van der Waals surface area contributed by atoms with Gasteiger partial charge in [0.05, 0.1) is 11.5 Å². The highest BCUT2D eigenvalue weighted by Gasteiger charge is 2.49. The topological polar surface area (TPSA) is 102 Å². The van der Waals surface area contributed by atoms with E-state index < -0.39 is 22.4 Å². The molecule has 1 fully saturated rings. The third-order valence-electron chi connectivity index (χ3n) is 5.18. The maximum atomic E-state index is 13.2. The van der Waals surface area contributed by atoms with Gasteiger partial charge in [-0.1, -0.05) is 48.5 Å². The number of non-ortho nitro benzene ring substituents is 1. The number of ether oxygens (including phenoxy) is 1. The van der Waals surface area contributed by atoms with Crippen molar-refractivity contribution in [3.05, 3.63) is 100 Å². The van der Waals surface area contributed by atoms with E-state index in [0.29, 0.717) is 22.6 Å². The number of imide groups is 1. The van der Waals surface area contributed by atoms with Crippen LogP contribution in [0.4, 0.5) is 10.5 Å². The number of nitrogens with zero attached hydrogens (tertiary/aromatic N) is 2. The van der Waals surface area contributed by atoms with Crippen LogP contribution in [0.25, 0.3) is 0 Å². The number of nitro benzene ring substituents is 1. The van der Waals surface area contributed by atoms with Crippen molar-refractivity contribution < 1.29 is 19.2 Å². The number of para-hydroxylation sites is 2. The fourth-order valence-corrected chi connectivity index (χ4v) is 3.49. The summed E-state index contributed by atoms with van der Waals surface area (Å²) in [5, 5.41) is 13.8. The molecule has 4 rings (SSSR count). The Morgan fingerprint density at radius 2 is 1.71 bits per heavy atom. The number of hydrogen-bond acceptors (Lipinski definition) is 5. The fourth-order valence-electron chi connectivity index (χ4n) is 3.49. The normalized spacial score (nSPS) is 18.0. The molecule has 31 heavy (non-hydrogen) atoms. The largest absolute Gasteiger partial charge is 0.457 e. The second-order valence-corrected chi connectivity index (χ2v) is 7.28. The molecule has 0 aromatic heterocycles. The zero-order chi connectivity index (χ0) is 22.0. The Morgan fingerprint density at radius 3 is 2.45 bits per heavy atom. The number of nitrogens with one attached hydrogen (secondary N) is 1. The van der Waals surface area contributed by atoms with Crippen LogP contribution < -0.4 is 10.1 Å². The van der Waals surface area contributed by atoms with Crippen LogP contribution in [-0.4, -0.2) is 21.8 Å². The Morgan fingerprint density at radius 1 is 1.00 bits per heavy atom. The van der Waals surface area contributed by atoms with E-state index in [0.717, 1.165) is 4.90 Å². The number of carbonyl (C=O) groups excluding carboxylic acids is 2. The second-order valence-electron chi connectivity index (χ2n) is 7.28. The van der Waals surface area contributed by atoms with Crippen LogP contribution >= 0.6 is 0 Å². The molecular formula is C23H19N3O5. The highest BCUT2D eigenvalue weighted by atomic mass is 16.6. The van der Waals surface area contributed by atoms with Crippen LogP contribution in [0, 0.1) is 10.1 Å². The molecule has 156 valence electrons. The summed E-state index contributed by atoms with van der Waals surface area (Å²) in [4.78, 5) is 37.6. The smallest absolute Gasteiger partial charge is 0.325 e. The van der Waals surface area contributed by atoms with Gasteiger partial charge in [0.2, 0.25) is 0 Å². The predicted octanol–water partition coefficient (Wildman–Crippen LogP) is 4.35. The van der Waals surface area contributed by atoms with Gasteiger partial charge in [-0.3, -0.25) is 19.8 Å². The Hall–Kier alpha value is -4.20. The maximum Gasteiger partial charge on any atom is 0.325 e. The molecule has 3 amide bonds. The number of amides is 3. The molecule has 0 saturated carbocycles. The van der Waals surface area contributed by atoms with E-state index in [1.54, 1.807) is 37.3 Å². The molecule has 0 bridgehead atoms. The highest BCUT2D eigenvalue weighted by Crippen LogP contribution is 2.33. The second kappa shape index (κ2) is 7.91. The van der Waals surface area contributed by atoms with Crippen molar-refractivity contribution in [2.75, 3.05) is 0 Å². The molecule has 1 aliphatic rings. The first kappa shape index (κ1) is 20.1. The quantitative estimate of drug-likeness (QED) is 0.365. The molecule has 1 N–H and O–H groups in total. The molecular weight excluding hydrogens is 398 g/mol. The lowest BCUT2D eigenvalue weighted by Crippen LogP contribution is -2.40. The van der Waals surface area contributed by atoms with Crippen molar-refractivity contribution in [1.29, 1.82) is 0 Å². The number of rotatable bonds is 6. The summed E-state index contributed by atoms with van der Waals surface area (Å²) in [6, 6.07) is 21.5. The summed E-state index contributed by atoms with van der Waals surface area (Å²) >= 11 is 0. The molecule has 0 aliphatic carbocycles. The predicted molar refractivity (Wildman–Crippen MR) is 112 cm³/mol. The molecule has 1 heterocycles. The van der Waals surface area contributed by atoms with Gasteiger partial charge in [0.25, 0.3) is 11.6 Å². The zero-order valence-corrected chi connectivity index (χ0v) is 16.6. The zero-order valence-electron chi connectivity index (χ0n) is 16.6. The molecule has 1 atom stereocenters. The van der Waals surface area contributed by atoms with Crippen LogP contribution in [0.3, 0.4) is 0 Å². The molecule has 8 nitrogen and oxygen atoms in total. The standard InChI is InChI=1S/C23H19N3O5/c1-23(17-9-7-10-18(14-17)26(29)30)21(27)25(22(28)24-23)15-16-8-5-6-13-20(16)31-19-11-3-2-4-12-19/h2-14H,15H2,1H3,(H,24,28). The summed E-state index contributed by atoms with van der Waals surface area (Å²) in [7, 11) is 0. The van der Waals surface area contributed by atoms with E-state index in [4.69, 9.17) is 4.74 Å². The van der Waals surface area contributed by atoms with Crippen molar-refractivity contribution in [3.8, 4) is 11.5 Å². The average molecular weight is 417 g/mol. The molecule has 0 radical (unpaired) electrons. The summed E-state index contributed by atoms with van der Waals surface area (Å²) in [6.45, 7) is 1.54. The van der Waals surface area contributed by atoms with Gasteiger partial charge in [0.15, 0.2) is 0 Å². The number of urea groups is 1. The first-order valence-electron chi connectivity index (χ1n) is 9.58. The van der Waals surface area contributed by atoms with Gasteiger partial charge < -0.3 is 10.1 Å². The van der Waals surface area contributed by atoms with Gasteiger partial charge >= 0.3 is 6.03 Å². The van der Waals surface area contributed by atoms with Gasteiger partial charge in [-0.05, 0) is 30.7 Å². The molecule has 3 aromatic carbocycles. The number of benzene rings is 3. The minimum Gasteiger partial charge on any atom is -0.457 e. The molecule has 8 heteroatoms. The molecule has 0 spiro atoms. The van der Waals surface area contributed by atoms with E-state index in [1.807, 2.05) is 30.3 Å². The highest BCUT2D eigenvalue weighted by molar-refractivity contribution is 6.07. The minimum atomic E-state index is -1.40. The lowest BCUT2D eigenvalue weighted by Gasteiger charge is -2.22. The number of nitro groups is 1. The van der Waals surface area contributed by atoms with E-state index in [2.05, 4.69) is 5.32 Å². The van der Waals surface area contributed by atoms with Gasteiger partial charge in [-0.25, -0.2) is 4.79 Å². The molecule has 1 unspecified atom stereocenters. The van der Waals surface area contributed by atoms with E-state index >= 15 is 0 Å². The summed E-state index contributed by atoms with van der Waals surface area (Å²) < 4.78 is 5.92. The van der Waals surface area contributed by atoms with Crippen molar-refractivity contribution >= 4 is 17.6 Å². The third kappa shape index (κ3) is 3.83. The Bertz CT molecular complexity index is 1160. The third-order valence-corrected chi connectivity index (χ3v) is 5.18. The lowest BCUT2D eigenvalue weighted by molar-refractivity contribution is -0.385. The molecule has 3 aromatic rings. The van der Waals surface area contributed by atoms with Crippen LogP contribution in [0.5, 0.6) is 11.5 Å². The van der Waals surface area contributed by atoms with Crippen molar-refractivity contribution in [2.45, 2.75) is 19.0 Å². The van der Waals surface area contributed by atoms with Crippen LogP contribution in [0.15, 0.2) is 78.9 Å². The number of hydrogen-bond donors (Lipinski definition) is 1. The molecule has 1 aliphatic heterocycles. The first-order chi connectivity index (χ1) is 14.9. The summed E-state index contributed by atoms with van der Waals surface area (Å²) in [5.74, 6) is 0.666. The number of carbonyl (C=O) groups is 2. The van der Waals surface area contributed by atoms with Gasteiger partial charge in [-0.15, -0.1) is 0 Å². The lowest BCUT2D eigenvalue weighted by atomic mass is 9.91. The monoisotopic (exact) mass is 417 g/mol. The summed E-state index contributed by atoms with van der Waals surface area (Å²) in [6.07, 6.45) is 0. The van der Waals surface area contributed by atoms with Gasteiger partial charge in [0, 0.05) is 17.7 Å². The average Bonchev–Trinajstić information content (AvgIpc) is 3.00. The fraction of sp³-hybridized carbons (Fsp3) is 0.130. The maximum absolute atomic E-state index is 13.2. The minimum absolute atomic E-state index is 0.00180. The Labute approximate surface area is 178 Å². The Kier molecular flexibility index (Phi) is 5.12. The van der Waals surface area contributed by atoms with Crippen molar-refractivity contribution in [3.63, 3.8) is 0 Å². The molecule has 1 saturated heterocycles. The van der Waals surface area contributed by atoms with Gasteiger partial charge in [0.1, 0.15) is 17.0 Å². The van der Waals surface area contributed by atoms with Crippen molar-refractivity contribution in [1.82, 2.24) is 10.2 Å². The first-order valence-corrected chi connectivity index (χ1v) is 9.58. The van der Waals surface area contributed by atoms with Gasteiger partial charge in [-0.2, -0.15) is 0 Å². The van der Waals surface area contributed by atoms with E-state index in [-0.39, 0.29) is 12.2 Å². The van der Waals surface area contributed by atoms with Crippen LogP contribution in [-0.2, 0) is 16.9 Å². The summed E-state index contributed by atoms with van der Waals surface area (Å²) in [5.41, 5.74) is -0.562. The SMILES string of the molecule is CC1(c2cccc([N+](=O)[O-])c2)NC(=O)N(Cc2ccccc2Oc2ccccc2)C1=O. The van der Waals surface area contributed by atoms with Crippen LogP contribution in [0.1, 0.15) is 18.1 Å². The Balaban J connectivity index is 1.61. The van der Waals surface area contributed by atoms with Crippen molar-refractivity contribution in [2.24, 2.45) is 0 Å². The van der Waals surface area contributed by atoms with E-state index in [1.165, 1.54) is 18.2 Å². The van der Waals surface area contributed by atoms with Crippen LogP contribution in [0.2, 0.25) is 0 Å².